The van der Waals surface area contributed by atoms with Crippen molar-refractivity contribution in [2.45, 2.75) is 0 Å². The zero-order chi connectivity index (χ0) is 6.69. The SMILES string of the molecule is CNc1nc(C#N)ns1. The Morgan fingerprint density at radius 3 is 2.89 bits per heavy atom. The van der Waals surface area contributed by atoms with Crippen LogP contribution in [0.5, 0.6) is 0 Å². The third kappa shape index (κ3) is 1.15. The van der Waals surface area contributed by atoms with Crippen molar-refractivity contribution >= 4 is 16.7 Å². The van der Waals surface area contributed by atoms with Crippen LogP contribution in [-0.4, -0.2) is 16.4 Å². The van der Waals surface area contributed by atoms with Crippen LogP contribution in [-0.2, 0) is 0 Å². The first-order valence-corrected chi connectivity index (χ1v) is 3.05. The van der Waals surface area contributed by atoms with Gasteiger partial charge < -0.3 is 5.32 Å². The van der Waals surface area contributed by atoms with Gasteiger partial charge in [-0.15, -0.1) is 0 Å². The number of nitrogens with zero attached hydrogens (tertiary/aromatic N) is 3. The molecular weight excluding hydrogens is 136 g/mol. The van der Waals surface area contributed by atoms with Crippen LogP contribution < -0.4 is 5.32 Å². The molecule has 0 aliphatic rings. The van der Waals surface area contributed by atoms with Gasteiger partial charge in [0, 0.05) is 18.6 Å². The molecule has 0 fully saturated rings. The monoisotopic (exact) mass is 140 g/mol. The topological polar surface area (TPSA) is 61.6 Å². The molecule has 0 bridgehead atoms. The Bertz CT molecular complexity index is 235. The molecule has 0 saturated heterocycles. The van der Waals surface area contributed by atoms with Gasteiger partial charge in [-0.1, -0.05) is 0 Å². The number of aromatic nitrogens is 2. The lowest BCUT2D eigenvalue weighted by Gasteiger charge is -1.82. The first-order chi connectivity index (χ1) is 4.36. The number of hydrogen-bond donors (Lipinski definition) is 1. The molecule has 4 nitrogen and oxygen atoms in total. The van der Waals surface area contributed by atoms with Gasteiger partial charge in [0.05, 0.1) is 0 Å². The molecule has 0 saturated carbocycles. The van der Waals surface area contributed by atoms with E-state index in [0.29, 0.717) is 5.13 Å². The van der Waals surface area contributed by atoms with Gasteiger partial charge in [-0.25, -0.2) is 0 Å². The molecule has 0 aliphatic heterocycles. The van der Waals surface area contributed by atoms with Gasteiger partial charge in [-0.2, -0.15) is 14.6 Å². The summed E-state index contributed by atoms with van der Waals surface area (Å²) < 4.78 is 3.71. The average molecular weight is 140 g/mol. The maximum atomic E-state index is 8.25. The van der Waals surface area contributed by atoms with Gasteiger partial charge in [-0.05, 0) is 0 Å². The van der Waals surface area contributed by atoms with Crippen LogP contribution in [0.1, 0.15) is 5.82 Å². The number of anilines is 1. The summed E-state index contributed by atoms with van der Waals surface area (Å²) in [6.45, 7) is 0. The van der Waals surface area contributed by atoms with E-state index in [2.05, 4.69) is 14.7 Å². The smallest absolute Gasteiger partial charge is 0.245 e. The molecule has 1 aromatic heterocycles. The molecule has 1 N–H and O–H groups in total. The number of nitriles is 1. The predicted molar refractivity (Wildman–Crippen MR) is 34.2 cm³/mol. The van der Waals surface area contributed by atoms with E-state index in [-0.39, 0.29) is 5.82 Å². The van der Waals surface area contributed by atoms with Crippen molar-refractivity contribution in [2.75, 3.05) is 12.4 Å². The molecule has 0 atom stereocenters. The number of nitrogens with one attached hydrogen (secondary N) is 1. The second-order valence-electron chi connectivity index (χ2n) is 1.28. The molecule has 1 aromatic rings. The van der Waals surface area contributed by atoms with E-state index in [9.17, 15) is 0 Å². The summed E-state index contributed by atoms with van der Waals surface area (Å²) >= 11 is 1.18. The summed E-state index contributed by atoms with van der Waals surface area (Å²) in [4.78, 5) is 3.78. The van der Waals surface area contributed by atoms with Crippen molar-refractivity contribution in [1.29, 1.82) is 5.26 Å². The fourth-order valence-electron chi connectivity index (χ4n) is 0.370. The van der Waals surface area contributed by atoms with E-state index in [1.165, 1.54) is 11.5 Å². The van der Waals surface area contributed by atoms with Crippen LogP contribution in [0.25, 0.3) is 0 Å². The lowest BCUT2D eigenvalue weighted by molar-refractivity contribution is 1.23. The predicted octanol–water partition coefficient (Wildman–Crippen LogP) is 0.451. The van der Waals surface area contributed by atoms with Gasteiger partial charge in [0.2, 0.25) is 11.0 Å². The van der Waals surface area contributed by atoms with Crippen LogP contribution in [0.3, 0.4) is 0 Å². The van der Waals surface area contributed by atoms with Gasteiger partial charge in [0.1, 0.15) is 6.07 Å². The van der Waals surface area contributed by atoms with Crippen molar-refractivity contribution in [3.8, 4) is 6.07 Å². The van der Waals surface area contributed by atoms with Gasteiger partial charge in [0.25, 0.3) is 0 Å². The van der Waals surface area contributed by atoms with Crippen molar-refractivity contribution in [3.63, 3.8) is 0 Å². The fourth-order valence-corrected chi connectivity index (χ4v) is 0.844. The average Bonchev–Trinajstić information content (AvgIpc) is 2.34. The molecule has 46 valence electrons. The Hall–Kier alpha value is -1.15. The molecule has 9 heavy (non-hydrogen) atoms. The fraction of sp³-hybridized carbons (Fsp3) is 0.250. The minimum atomic E-state index is 0.226. The minimum Gasteiger partial charge on any atom is -0.363 e. The number of rotatable bonds is 1. The highest BCUT2D eigenvalue weighted by atomic mass is 32.1. The van der Waals surface area contributed by atoms with Crippen LogP contribution in [0.2, 0.25) is 0 Å². The lowest BCUT2D eigenvalue weighted by Crippen LogP contribution is -1.85. The molecule has 1 heterocycles. The van der Waals surface area contributed by atoms with E-state index >= 15 is 0 Å². The molecule has 0 unspecified atom stereocenters. The molecule has 5 heteroatoms. The standard InChI is InChI=1S/C4H4N4S/c1-6-4-7-3(2-5)8-9-4/h1H3,(H,6,7,8). The second kappa shape index (κ2) is 2.42. The maximum absolute atomic E-state index is 8.25. The molecule has 0 radical (unpaired) electrons. The Morgan fingerprint density at radius 1 is 1.78 bits per heavy atom. The highest BCUT2D eigenvalue weighted by molar-refractivity contribution is 7.09. The van der Waals surface area contributed by atoms with E-state index in [1.807, 2.05) is 6.07 Å². The van der Waals surface area contributed by atoms with Crippen molar-refractivity contribution < 1.29 is 0 Å². The van der Waals surface area contributed by atoms with Crippen LogP contribution in [0, 0.1) is 11.3 Å². The molecule has 0 spiro atoms. The first-order valence-electron chi connectivity index (χ1n) is 2.28. The largest absolute Gasteiger partial charge is 0.363 e. The zero-order valence-corrected chi connectivity index (χ0v) is 5.57. The van der Waals surface area contributed by atoms with Gasteiger partial charge >= 0.3 is 0 Å². The second-order valence-corrected chi connectivity index (χ2v) is 2.04. The summed E-state index contributed by atoms with van der Waals surface area (Å²) in [5, 5.41) is 11.7. The Balaban J connectivity index is 2.90. The van der Waals surface area contributed by atoms with Crippen LogP contribution in [0.4, 0.5) is 5.13 Å². The Labute approximate surface area is 56.3 Å². The Kier molecular flexibility index (Phi) is 1.60. The summed E-state index contributed by atoms with van der Waals surface area (Å²) in [6.07, 6.45) is 0. The van der Waals surface area contributed by atoms with Crippen molar-refractivity contribution in [3.05, 3.63) is 5.82 Å². The lowest BCUT2D eigenvalue weighted by atomic mass is 10.7. The highest BCUT2D eigenvalue weighted by Crippen LogP contribution is 2.07. The van der Waals surface area contributed by atoms with Gasteiger partial charge in [0.15, 0.2) is 0 Å². The summed E-state index contributed by atoms with van der Waals surface area (Å²) in [7, 11) is 1.74. The van der Waals surface area contributed by atoms with E-state index in [0.717, 1.165) is 0 Å². The van der Waals surface area contributed by atoms with Crippen molar-refractivity contribution in [2.24, 2.45) is 0 Å². The summed E-state index contributed by atoms with van der Waals surface area (Å²) in [5.74, 6) is 0.226. The normalized spacial score (nSPS) is 8.44. The summed E-state index contributed by atoms with van der Waals surface area (Å²) in [6, 6.07) is 1.83. The van der Waals surface area contributed by atoms with E-state index in [1.54, 1.807) is 7.05 Å². The molecule has 0 aliphatic carbocycles. The van der Waals surface area contributed by atoms with Gasteiger partial charge in [-0.3, -0.25) is 0 Å². The third-order valence-corrected chi connectivity index (χ3v) is 1.47. The molecule has 0 aromatic carbocycles. The van der Waals surface area contributed by atoms with E-state index in [4.69, 9.17) is 5.26 Å². The van der Waals surface area contributed by atoms with Crippen LogP contribution >= 0.6 is 11.5 Å². The third-order valence-electron chi connectivity index (χ3n) is 0.740. The first kappa shape index (κ1) is 5.98. The highest BCUT2D eigenvalue weighted by Gasteiger charge is 1.97. The Morgan fingerprint density at radius 2 is 2.56 bits per heavy atom. The summed E-state index contributed by atoms with van der Waals surface area (Å²) in [5.41, 5.74) is 0. The molecule has 1 rings (SSSR count). The zero-order valence-electron chi connectivity index (χ0n) is 4.75. The van der Waals surface area contributed by atoms with E-state index < -0.39 is 0 Å². The minimum absolute atomic E-state index is 0.226. The number of hydrogen-bond acceptors (Lipinski definition) is 5. The quantitative estimate of drug-likeness (QED) is 0.615. The molecular formula is C4H4N4S. The van der Waals surface area contributed by atoms with Crippen LogP contribution in [0.15, 0.2) is 0 Å². The van der Waals surface area contributed by atoms with Crippen molar-refractivity contribution in [1.82, 2.24) is 9.36 Å². The molecule has 0 amide bonds. The maximum Gasteiger partial charge on any atom is 0.245 e.